The minimum Gasteiger partial charge on any atom is -0.507 e. The van der Waals surface area contributed by atoms with Crippen molar-refractivity contribution in [2.45, 2.75) is 39.3 Å². The molecule has 1 unspecified atom stereocenters. The molecule has 2 aromatic rings. The number of halogens is 1. The summed E-state index contributed by atoms with van der Waals surface area (Å²) >= 11 is 6.11. The van der Waals surface area contributed by atoms with Crippen LogP contribution in [0.15, 0.2) is 48.0 Å². The third-order valence-corrected chi connectivity index (χ3v) is 5.75. The van der Waals surface area contributed by atoms with Gasteiger partial charge in [0, 0.05) is 18.7 Å². The molecule has 1 N–H and O–H groups in total. The summed E-state index contributed by atoms with van der Waals surface area (Å²) < 4.78 is 10.8. The first-order valence-corrected chi connectivity index (χ1v) is 10.9. The van der Waals surface area contributed by atoms with Gasteiger partial charge in [-0.25, -0.2) is 0 Å². The first-order chi connectivity index (χ1) is 15.3. The average molecular weight is 458 g/mol. The van der Waals surface area contributed by atoms with E-state index >= 15 is 0 Å². The zero-order valence-electron chi connectivity index (χ0n) is 18.7. The molecule has 7 heteroatoms. The van der Waals surface area contributed by atoms with Crippen molar-refractivity contribution in [3.05, 3.63) is 69.8 Å². The number of likely N-dealkylation sites (tertiary alicyclic amines) is 1. The summed E-state index contributed by atoms with van der Waals surface area (Å²) in [7, 11) is 1.47. The Morgan fingerprint density at radius 2 is 1.91 bits per heavy atom. The molecule has 1 fully saturated rings. The van der Waals surface area contributed by atoms with Crippen molar-refractivity contribution >= 4 is 29.1 Å². The van der Waals surface area contributed by atoms with Gasteiger partial charge in [-0.3, -0.25) is 9.59 Å². The number of aryl methyl sites for hydroxylation is 1. The molecule has 0 radical (unpaired) electrons. The predicted octanol–water partition coefficient (Wildman–Crippen LogP) is 4.89. The molecule has 0 aliphatic carbocycles. The fourth-order valence-corrected chi connectivity index (χ4v) is 4.04. The molecular formula is C25H28ClNO5. The average Bonchev–Trinajstić information content (AvgIpc) is 3.01. The lowest BCUT2D eigenvalue weighted by molar-refractivity contribution is -0.140. The molecule has 0 aromatic heterocycles. The minimum atomic E-state index is -0.713. The Morgan fingerprint density at radius 1 is 1.19 bits per heavy atom. The molecule has 1 saturated heterocycles. The van der Waals surface area contributed by atoms with Gasteiger partial charge in [0.1, 0.15) is 11.5 Å². The Labute approximate surface area is 193 Å². The largest absolute Gasteiger partial charge is 0.507 e. The van der Waals surface area contributed by atoms with Gasteiger partial charge in [0.15, 0.2) is 0 Å². The highest BCUT2D eigenvalue weighted by Crippen LogP contribution is 2.41. The number of carbonyl (C=O) groups is 2. The molecule has 1 heterocycles. The van der Waals surface area contributed by atoms with E-state index in [-0.39, 0.29) is 17.4 Å². The second kappa shape index (κ2) is 10.2. The van der Waals surface area contributed by atoms with Crippen molar-refractivity contribution in [1.29, 1.82) is 0 Å². The van der Waals surface area contributed by atoms with Crippen molar-refractivity contribution < 1.29 is 24.2 Å². The molecule has 32 heavy (non-hydrogen) atoms. The second-order valence-electron chi connectivity index (χ2n) is 7.97. The zero-order chi connectivity index (χ0) is 23.4. The number of Topliss-reactive ketones (excluding diaryl/α,β-unsaturated/α-hetero) is 1. The maximum Gasteiger partial charge on any atom is 0.295 e. The summed E-state index contributed by atoms with van der Waals surface area (Å²) in [5.41, 5.74) is 2.12. The number of carbonyl (C=O) groups excluding carboxylic acids is 2. The second-order valence-corrected chi connectivity index (χ2v) is 8.38. The van der Waals surface area contributed by atoms with Crippen molar-refractivity contribution in [3.63, 3.8) is 0 Å². The number of aliphatic hydroxyl groups excluding tert-OH is 1. The Kier molecular flexibility index (Phi) is 7.59. The van der Waals surface area contributed by atoms with Gasteiger partial charge < -0.3 is 19.5 Å². The van der Waals surface area contributed by atoms with Crippen LogP contribution in [0.2, 0.25) is 5.02 Å². The van der Waals surface area contributed by atoms with Crippen LogP contribution in [0.3, 0.4) is 0 Å². The predicted molar refractivity (Wildman–Crippen MR) is 124 cm³/mol. The third-order valence-electron chi connectivity index (χ3n) is 5.44. The number of ketones is 1. The van der Waals surface area contributed by atoms with E-state index in [1.165, 1.54) is 12.0 Å². The summed E-state index contributed by atoms with van der Waals surface area (Å²) in [6, 6.07) is 11.6. The zero-order valence-corrected chi connectivity index (χ0v) is 19.5. The van der Waals surface area contributed by atoms with Gasteiger partial charge in [-0.2, -0.15) is 0 Å². The van der Waals surface area contributed by atoms with Crippen LogP contribution in [0.4, 0.5) is 0 Å². The van der Waals surface area contributed by atoms with Crippen molar-refractivity contribution in [1.82, 2.24) is 4.90 Å². The number of benzene rings is 2. The van der Waals surface area contributed by atoms with Gasteiger partial charge in [-0.05, 0) is 56.5 Å². The van der Waals surface area contributed by atoms with Gasteiger partial charge >= 0.3 is 0 Å². The number of hydrogen-bond acceptors (Lipinski definition) is 5. The molecule has 1 aliphatic rings. The summed E-state index contributed by atoms with van der Waals surface area (Å²) in [5.74, 6) is -1.24. The standard InChI is InChI=1S/C25H28ClNO5/c1-15(2)32-13-7-12-27-22(18-9-6-5-8-16(18)3)21(24(29)25(27)30)23(28)17-10-11-19(26)20(14-17)31-4/h5-6,8-11,14-15,22,28H,7,12-13H2,1-4H3/b23-21+. The van der Waals surface area contributed by atoms with Crippen LogP contribution in [-0.4, -0.2) is 48.1 Å². The van der Waals surface area contributed by atoms with Crippen LogP contribution in [-0.2, 0) is 14.3 Å². The van der Waals surface area contributed by atoms with E-state index in [1.54, 1.807) is 18.2 Å². The molecule has 0 bridgehead atoms. The van der Waals surface area contributed by atoms with Crippen LogP contribution in [0.1, 0.15) is 43.0 Å². The molecule has 0 spiro atoms. The number of ether oxygens (including phenoxy) is 2. The van der Waals surface area contributed by atoms with E-state index in [1.807, 2.05) is 45.0 Å². The van der Waals surface area contributed by atoms with Gasteiger partial charge in [0.2, 0.25) is 0 Å². The van der Waals surface area contributed by atoms with Crippen LogP contribution >= 0.6 is 11.6 Å². The maximum absolute atomic E-state index is 13.1. The molecule has 6 nitrogen and oxygen atoms in total. The lowest BCUT2D eigenvalue weighted by Gasteiger charge is -2.26. The van der Waals surface area contributed by atoms with Crippen LogP contribution in [0, 0.1) is 6.92 Å². The third kappa shape index (κ3) is 4.81. The molecule has 0 saturated carbocycles. The first-order valence-electron chi connectivity index (χ1n) is 10.6. The molecule has 1 amide bonds. The Balaban J connectivity index is 2.08. The number of nitrogens with zero attached hydrogens (tertiary/aromatic N) is 1. The monoisotopic (exact) mass is 457 g/mol. The highest BCUT2D eigenvalue weighted by molar-refractivity contribution is 6.46. The molecule has 170 valence electrons. The van der Waals surface area contributed by atoms with Gasteiger partial charge in [-0.15, -0.1) is 0 Å². The highest BCUT2D eigenvalue weighted by Gasteiger charge is 2.46. The van der Waals surface area contributed by atoms with Gasteiger partial charge in [0.05, 0.1) is 29.9 Å². The fourth-order valence-electron chi connectivity index (χ4n) is 3.84. The molecule has 1 atom stereocenters. The van der Waals surface area contributed by atoms with E-state index < -0.39 is 17.7 Å². The quantitative estimate of drug-likeness (QED) is 0.264. The number of amides is 1. The first kappa shape index (κ1) is 23.8. The highest BCUT2D eigenvalue weighted by atomic mass is 35.5. The number of rotatable bonds is 8. The van der Waals surface area contributed by atoms with E-state index in [0.29, 0.717) is 35.9 Å². The minimum absolute atomic E-state index is 0.0541. The lowest BCUT2D eigenvalue weighted by atomic mass is 9.92. The van der Waals surface area contributed by atoms with Crippen LogP contribution in [0.25, 0.3) is 5.76 Å². The molecule has 2 aromatic carbocycles. The molecule has 3 rings (SSSR count). The summed E-state index contributed by atoms with van der Waals surface area (Å²) in [5, 5.41) is 11.5. The van der Waals surface area contributed by atoms with E-state index in [9.17, 15) is 14.7 Å². The van der Waals surface area contributed by atoms with E-state index in [2.05, 4.69) is 0 Å². The number of hydrogen-bond donors (Lipinski definition) is 1. The Bertz CT molecular complexity index is 1050. The number of methoxy groups -OCH3 is 1. The normalized spacial score (nSPS) is 17.9. The summed E-state index contributed by atoms with van der Waals surface area (Å²) in [4.78, 5) is 27.6. The van der Waals surface area contributed by atoms with Gasteiger partial charge in [0.25, 0.3) is 11.7 Å². The Morgan fingerprint density at radius 3 is 2.56 bits per heavy atom. The number of aliphatic hydroxyl groups is 1. The van der Waals surface area contributed by atoms with Crippen molar-refractivity contribution in [3.8, 4) is 5.75 Å². The van der Waals surface area contributed by atoms with Crippen molar-refractivity contribution in [2.75, 3.05) is 20.3 Å². The van der Waals surface area contributed by atoms with Crippen molar-refractivity contribution in [2.24, 2.45) is 0 Å². The lowest BCUT2D eigenvalue weighted by Crippen LogP contribution is -2.31. The molecule has 1 aliphatic heterocycles. The fraction of sp³-hybridized carbons (Fsp3) is 0.360. The topological polar surface area (TPSA) is 76.1 Å². The SMILES string of the molecule is COc1cc(/C(O)=C2\C(=O)C(=O)N(CCCOC(C)C)C2c2ccccc2C)ccc1Cl. The summed E-state index contributed by atoms with van der Waals surface area (Å²) in [6.07, 6.45) is 0.653. The smallest absolute Gasteiger partial charge is 0.295 e. The van der Waals surface area contributed by atoms with E-state index in [0.717, 1.165) is 11.1 Å². The van der Waals surface area contributed by atoms with E-state index in [4.69, 9.17) is 21.1 Å². The molecular weight excluding hydrogens is 430 g/mol. The summed E-state index contributed by atoms with van der Waals surface area (Å²) in [6.45, 7) is 6.61. The van der Waals surface area contributed by atoms with Crippen LogP contribution in [0.5, 0.6) is 5.75 Å². The maximum atomic E-state index is 13.1. The van der Waals surface area contributed by atoms with Gasteiger partial charge in [-0.1, -0.05) is 35.9 Å². The Hall–Kier alpha value is -2.83. The van der Waals surface area contributed by atoms with Crippen LogP contribution < -0.4 is 4.74 Å².